The van der Waals surface area contributed by atoms with E-state index >= 15 is 0 Å². The Balaban J connectivity index is 2.06. The van der Waals surface area contributed by atoms with E-state index in [0.717, 1.165) is 16.6 Å². The Bertz CT molecular complexity index is 317. The van der Waals surface area contributed by atoms with Gasteiger partial charge in [0.15, 0.2) is 0 Å². The van der Waals surface area contributed by atoms with Gasteiger partial charge in [0.2, 0.25) is 5.91 Å². The average molecular weight is 307 g/mol. The molecule has 0 unspecified atom stereocenters. The minimum Gasteiger partial charge on any atom is -0.456 e. The summed E-state index contributed by atoms with van der Waals surface area (Å²) in [6, 6.07) is 0. The maximum absolute atomic E-state index is 11.5. The van der Waals surface area contributed by atoms with E-state index in [1.807, 2.05) is 23.5 Å². The van der Waals surface area contributed by atoms with Crippen molar-refractivity contribution in [3.8, 4) is 0 Å². The molecule has 18 heavy (non-hydrogen) atoms. The van der Waals surface area contributed by atoms with Crippen molar-refractivity contribution in [2.24, 2.45) is 0 Å². The zero-order valence-electron chi connectivity index (χ0n) is 10.3. The number of carbonyl (C=O) groups is 2. The minimum absolute atomic E-state index is 0.206. The molecule has 1 aliphatic heterocycles. The molecule has 0 radical (unpaired) electrons. The molecule has 1 aliphatic rings. The van der Waals surface area contributed by atoms with Crippen LogP contribution < -0.4 is 5.32 Å². The highest BCUT2D eigenvalue weighted by Crippen LogP contribution is 2.29. The molecule has 0 spiro atoms. The molecule has 1 saturated heterocycles. The Morgan fingerprint density at radius 2 is 2.11 bits per heavy atom. The monoisotopic (exact) mass is 307 g/mol. The third-order valence-corrected chi connectivity index (χ3v) is 6.04. The summed E-state index contributed by atoms with van der Waals surface area (Å²) in [5.41, 5.74) is 0.451. The first-order valence-electron chi connectivity index (χ1n) is 5.52. The second-order valence-corrected chi connectivity index (χ2v) is 7.40. The van der Waals surface area contributed by atoms with Gasteiger partial charge in [0, 0.05) is 27.4 Å². The summed E-state index contributed by atoms with van der Waals surface area (Å²) in [5.74, 6) is 1.79. The Morgan fingerprint density at radius 1 is 1.44 bits per heavy atom. The van der Waals surface area contributed by atoms with Gasteiger partial charge in [0.25, 0.3) is 0 Å². The molecule has 102 valence electrons. The molecule has 1 rings (SSSR count). The number of nitrogens with one attached hydrogen (secondary N) is 1. The molecule has 1 fully saturated rings. The van der Waals surface area contributed by atoms with E-state index in [-0.39, 0.29) is 17.8 Å². The van der Waals surface area contributed by atoms with Crippen LogP contribution in [0.1, 0.15) is 6.92 Å². The normalized spacial score (nSPS) is 16.1. The Morgan fingerprint density at radius 3 is 2.72 bits per heavy atom. The van der Waals surface area contributed by atoms with Gasteiger partial charge in [0.1, 0.15) is 6.61 Å². The molecular weight excluding hydrogens is 290 g/mol. The molecule has 0 aromatic carbocycles. The number of thioether (sulfide) groups is 3. The van der Waals surface area contributed by atoms with Crippen LogP contribution in [0.25, 0.3) is 0 Å². The molecule has 1 heterocycles. The van der Waals surface area contributed by atoms with Gasteiger partial charge in [-0.2, -0.15) is 0 Å². The van der Waals surface area contributed by atoms with E-state index < -0.39 is 0 Å². The number of ether oxygens (including phenoxy) is 1. The second-order valence-electron chi connectivity index (χ2n) is 3.73. The van der Waals surface area contributed by atoms with Crippen molar-refractivity contribution in [1.29, 1.82) is 0 Å². The Labute approximate surface area is 120 Å². The molecule has 7 heteroatoms. The maximum atomic E-state index is 11.5. The average Bonchev–Trinajstić information content (AvgIpc) is 2.35. The molecule has 0 bridgehead atoms. The fourth-order valence-electron chi connectivity index (χ4n) is 1.15. The summed E-state index contributed by atoms with van der Waals surface area (Å²) in [5, 5.41) is 3.80. The summed E-state index contributed by atoms with van der Waals surface area (Å²) in [6.07, 6.45) is 0. The summed E-state index contributed by atoms with van der Waals surface area (Å²) in [6.45, 7) is 5.68. The van der Waals surface area contributed by atoms with E-state index in [2.05, 4.69) is 11.9 Å². The van der Waals surface area contributed by atoms with Gasteiger partial charge >= 0.3 is 5.30 Å². The van der Waals surface area contributed by atoms with Crippen molar-refractivity contribution in [1.82, 2.24) is 5.32 Å². The third kappa shape index (κ3) is 6.61. The predicted molar refractivity (Wildman–Crippen MR) is 80.3 cm³/mol. The molecule has 1 amide bonds. The van der Waals surface area contributed by atoms with E-state index in [9.17, 15) is 9.59 Å². The van der Waals surface area contributed by atoms with Crippen LogP contribution in [0, 0.1) is 0 Å². The fraction of sp³-hybridized carbons (Fsp3) is 0.636. The van der Waals surface area contributed by atoms with Crippen molar-refractivity contribution < 1.29 is 14.3 Å². The lowest BCUT2D eigenvalue weighted by Gasteiger charge is -2.19. The number of hydrogen-bond acceptors (Lipinski definition) is 6. The largest absolute Gasteiger partial charge is 0.456 e. The first kappa shape index (κ1) is 15.8. The topological polar surface area (TPSA) is 55.4 Å². The number of amides is 1. The number of carbonyl (C=O) groups excluding carboxylic acids is 2. The highest BCUT2D eigenvalue weighted by Gasteiger charge is 2.19. The van der Waals surface area contributed by atoms with Crippen LogP contribution in [-0.2, 0) is 9.53 Å². The first-order chi connectivity index (χ1) is 8.59. The number of rotatable bonds is 5. The summed E-state index contributed by atoms with van der Waals surface area (Å²) in [7, 11) is 0. The molecular formula is C11H17NO3S3. The van der Waals surface area contributed by atoms with Gasteiger partial charge in [-0.1, -0.05) is 6.58 Å². The molecule has 0 saturated carbocycles. The molecule has 0 atom stereocenters. The molecule has 0 aromatic heterocycles. The van der Waals surface area contributed by atoms with E-state index in [1.54, 1.807) is 6.92 Å². The van der Waals surface area contributed by atoms with Crippen LogP contribution >= 0.6 is 35.3 Å². The quantitative estimate of drug-likeness (QED) is 0.478. The summed E-state index contributed by atoms with van der Waals surface area (Å²) in [4.78, 5) is 22.6. The second kappa shape index (κ2) is 8.77. The third-order valence-electron chi connectivity index (χ3n) is 2.03. The first-order valence-corrected chi connectivity index (χ1v) is 8.71. The zero-order chi connectivity index (χ0) is 13.4. The van der Waals surface area contributed by atoms with E-state index in [4.69, 9.17) is 4.74 Å². The maximum Gasteiger partial charge on any atom is 0.367 e. The predicted octanol–water partition coefficient (Wildman–Crippen LogP) is 2.35. The Kier molecular flexibility index (Phi) is 7.69. The molecule has 4 nitrogen and oxygen atoms in total. The molecule has 1 N–H and O–H groups in total. The van der Waals surface area contributed by atoms with Gasteiger partial charge in [0.05, 0.1) is 6.54 Å². The van der Waals surface area contributed by atoms with Crippen LogP contribution in [0.3, 0.4) is 0 Å². The smallest absolute Gasteiger partial charge is 0.367 e. The van der Waals surface area contributed by atoms with Gasteiger partial charge in [-0.3, -0.25) is 4.79 Å². The fourth-order valence-corrected chi connectivity index (χ4v) is 4.85. The van der Waals surface area contributed by atoms with Crippen molar-refractivity contribution >= 4 is 46.5 Å². The standard InChI is InChI=1S/C11H17NO3S3/c1-8(2)10(13)12-3-4-15-11(14)18-9-5-16-7-17-6-9/h9H,1,3-7H2,2H3,(H,12,13). The van der Waals surface area contributed by atoms with Crippen molar-refractivity contribution in [3.63, 3.8) is 0 Å². The van der Waals surface area contributed by atoms with Crippen molar-refractivity contribution in [2.45, 2.75) is 12.2 Å². The SMILES string of the molecule is C=C(C)C(=O)NCCOC(=O)SC1CSCSC1. The van der Waals surface area contributed by atoms with E-state index in [1.165, 1.54) is 11.8 Å². The lowest BCUT2D eigenvalue weighted by molar-refractivity contribution is -0.117. The number of hydrogen-bond donors (Lipinski definition) is 1. The minimum atomic E-state index is -0.257. The van der Waals surface area contributed by atoms with Crippen LogP contribution in [0.2, 0.25) is 0 Å². The van der Waals surface area contributed by atoms with Crippen molar-refractivity contribution in [2.75, 3.05) is 29.7 Å². The highest BCUT2D eigenvalue weighted by molar-refractivity contribution is 8.20. The van der Waals surface area contributed by atoms with Gasteiger partial charge < -0.3 is 10.1 Å². The van der Waals surface area contributed by atoms with Gasteiger partial charge in [-0.15, -0.1) is 23.5 Å². The lowest BCUT2D eigenvalue weighted by Crippen LogP contribution is -2.28. The molecule has 0 aliphatic carbocycles. The van der Waals surface area contributed by atoms with E-state index in [0.29, 0.717) is 17.4 Å². The Hall–Kier alpha value is -0.270. The zero-order valence-corrected chi connectivity index (χ0v) is 12.7. The van der Waals surface area contributed by atoms with Gasteiger partial charge in [-0.05, 0) is 18.7 Å². The van der Waals surface area contributed by atoms with Crippen LogP contribution in [-0.4, -0.2) is 46.2 Å². The van der Waals surface area contributed by atoms with Crippen molar-refractivity contribution in [3.05, 3.63) is 12.2 Å². The van der Waals surface area contributed by atoms with Crippen LogP contribution in [0.5, 0.6) is 0 Å². The summed E-state index contributed by atoms with van der Waals surface area (Å²) >= 11 is 4.95. The van der Waals surface area contributed by atoms with Crippen LogP contribution in [0.4, 0.5) is 4.79 Å². The van der Waals surface area contributed by atoms with Crippen LogP contribution in [0.15, 0.2) is 12.2 Å². The summed E-state index contributed by atoms with van der Waals surface area (Å²) < 4.78 is 5.04. The highest BCUT2D eigenvalue weighted by atomic mass is 32.2. The lowest BCUT2D eigenvalue weighted by atomic mass is 10.3. The van der Waals surface area contributed by atoms with Gasteiger partial charge in [-0.25, -0.2) is 4.79 Å². The molecule has 0 aromatic rings.